The van der Waals surface area contributed by atoms with Crippen LogP contribution in [-0.2, 0) is 0 Å². The molecule has 1 fully saturated rings. The maximum absolute atomic E-state index is 8.44. The van der Waals surface area contributed by atoms with E-state index in [2.05, 4.69) is 17.1 Å². The zero-order valence-corrected chi connectivity index (χ0v) is 10.4. The lowest BCUT2D eigenvalue weighted by Crippen LogP contribution is -2.32. The first-order chi connectivity index (χ1) is 7.74. The van der Waals surface area contributed by atoms with Gasteiger partial charge in [-0.1, -0.05) is 30.8 Å². The Bertz CT molecular complexity index is 210. The van der Waals surface area contributed by atoms with E-state index in [1.54, 1.807) is 0 Å². The molecule has 0 radical (unpaired) electrons. The van der Waals surface area contributed by atoms with Crippen LogP contribution in [0.15, 0.2) is 5.16 Å². The van der Waals surface area contributed by atoms with Gasteiger partial charge in [-0.2, -0.15) is 0 Å². The number of rotatable bonds is 5. The quantitative estimate of drug-likeness (QED) is 0.249. The predicted molar refractivity (Wildman–Crippen MR) is 66.8 cm³/mol. The molecule has 94 valence electrons. The van der Waals surface area contributed by atoms with Crippen molar-refractivity contribution in [3.63, 3.8) is 0 Å². The second kappa shape index (κ2) is 7.49. The number of hydrogen-bond donors (Lipinski definition) is 2. The van der Waals surface area contributed by atoms with Crippen LogP contribution in [-0.4, -0.2) is 35.6 Å². The van der Waals surface area contributed by atoms with Crippen LogP contribution in [0.2, 0.25) is 0 Å². The Labute approximate surface area is 98.5 Å². The first-order valence-corrected chi connectivity index (χ1v) is 6.40. The van der Waals surface area contributed by atoms with Gasteiger partial charge in [0.05, 0.1) is 0 Å². The average molecular weight is 227 g/mol. The summed E-state index contributed by atoms with van der Waals surface area (Å²) in [5, 5.41) is 11.4. The molecular formula is C12H25N3O. The predicted octanol–water partition coefficient (Wildman–Crippen LogP) is 2.17. The molecule has 0 aromatic rings. The Morgan fingerprint density at radius 1 is 1.31 bits per heavy atom. The molecule has 1 rings (SSSR count). The van der Waals surface area contributed by atoms with Crippen LogP contribution < -0.4 is 5.73 Å². The van der Waals surface area contributed by atoms with Gasteiger partial charge in [0, 0.05) is 12.5 Å². The smallest absolute Gasteiger partial charge is 0.139 e. The van der Waals surface area contributed by atoms with E-state index in [0.29, 0.717) is 12.3 Å². The van der Waals surface area contributed by atoms with Gasteiger partial charge in [0.2, 0.25) is 0 Å². The first kappa shape index (κ1) is 13.3. The van der Waals surface area contributed by atoms with Gasteiger partial charge < -0.3 is 15.8 Å². The lowest BCUT2D eigenvalue weighted by molar-refractivity contribution is 0.219. The summed E-state index contributed by atoms with van der Waals surface area (Å²) in [4.78, 5) is 2.44. The molecule has 0 unspecified atom stereocenters. The van der Waals surface area contributed by atoms with E-state index < -0.39 is 0 Å². The molecule has 0 heterocycles. The van der Waals surface area contributed by atoms with E-state index in [1.807, 2.05) is 0 Å². The molecular weight excluding hydrogens is 202 g/mol. The highest BCUT2D eigenvalue weighted by atomic mass is 16.4. The third-order valence-corrected chi connectivity index (χ3v) is 3.52. The Morgan fingerprint density at radius 3 is 2.50 bits per heavy atom. The van der Waals surface area contributed by atoms with Crippen molar-refractivity contribution in [2.24, 2.45) is 10.9 Å². The van der Waals surface area contributed by atoms with Gasteiger partial charge in [-0.3, -0.25) is 0 Å². The summed E-state index contributed by atoms with van der Waals surface area (Å²) < 4.78 is 0. The molecule has 0 spiro atoms. The lowest BCUT2D eigenvalue weighted by Gasteiger charge is -2.26. The van der Waals surface area contributed by atoms with Crippen LogP contribution in [0.25, 0.3) is 0 Å². The fraction of sp³-hybridized carbons (Fsp3) is 0.917. The molecule has 3 N–H and O–H groups in total. The molecule has 1 aliphatic carbocycles. The van der Waals surface area contributed by atoms with E-state index in [1.165, 1.54) is 38.5 Å². The molecule has 0 atom stereocenters. The third-order valence-electron chi connectivity index (χ3n) is 3.52. The van der Waals surface area contributed by atoms with E-state index in [-0.39, 0.29) is 0 Å². The minimum absolute atomic E-state index is 0.342. The fourth-order valence-electron chi connectivity index (χ4n) is 2.44. The van der Waals surface area contributed by atoms with Crippen LogP contribution in [0, 0.1) is 0 Å². The highest BCUT2D eigenvalue weighted by Gasteiger charge is 2.16. The van der Waals surface area contributed by atoms with Crippen molar-refractivity contribution < 1.29 is 5.21 Å². The standard InChI is InChI=1S/C12H25N3O/c1-15(10-6-9-12(13)14-16)11-7-4-2-3-5-8-11/h11,16H,2-10H2,1H3,(H2,13,14). The molecule has 0 saturated heterocycles. The highest BCUT2D eigenvalue weighted by Crippen LogP contribution is 2.21. The van der Waals surface area contributed by atoms with Crippen molar-refractivity contribution in [2.75, 3.05) is 13.6 Å². The number of oxime groups is 1. The van der Waals surface area contributed by atoms with Crippen molar-refractivity contribution in [3.8, 4) is 0 Å². The van der Waals surface area contributed by atoms with E-state index >= 15 is 0 Å². The third kappa shape index (κ3) is 4.84. The maximum atomic E-state index is 8.44. The summed E-state index contributed by atoms with van der Waals surface area (Å²) in [6, 6.07) is 0.745. The van der Waals surface area contributed by atoms with Crippen molar-refractivity contribution >= 4 is 5.84 Å². The van der Waals surface area contributed by atoms with Crippen LogP contribution >= 0.6 is 0 Å². The molecule has 4 nitrogen and oxygen atoms in total. The van der Waals surface area contributed by atoms with Crippen molar-refractivity contribution in [1.82, 2.24) is 4.90 Å². The van der Waals surface area contributed by atoms with Gasteiger partial charge in [0.15, 0.2) is 0 Å². The molecule has 0 aromatic carbocycles. The zero-order chi connectivity index (χ0) is 11.8. The molecule has 16 heavy (non-hydrogen) atoms. The highest BCUT2D eigenvalue weighted by molar-refractivity contribution is 5.79. The minimum atomic E-state index is 0.342. The number of amidine groups is 1. The van der Waals surface area contributed by atoms with Crippen LogP contribution in [0.4, 0.5) is 0 Å². The van der Waals surface area contributed by atoms with Gasteiger partial charge in [0.1, 0.15) is 5.84 Å². The average Bonchev–Trinajstić information content (AvgIpc) is 2.57. The first-order valence-electron chi connectivity index (χ1n) is 6.40. The maximum Gasteiger partial charge on any atom is 0.139 e. The fourth-order valence-corrected chi connectivity index (χ4v) is 2.44. The topological polar surface area (TPSA) is 61.8 Å². The van der Waals surface area contributed by atoms with Gasteiger partial charge >= 0.3 is 0 Å². The van der Waals surface area contributed by atoms with Crippen molar-refractivity contribution in [2.45, 2.75) is 57.4 Å². The number of nitrogens with zero attached hydrogens (tertiary/aromatic N) is 2. The summed E-state index contributed by atoms with van der Waals surface area (Å²) in [7, 11) is 2.20. The molecule has 1 aliphatic rings. The normalized spacial score (nSPS) is 20.0. The van der Waals surface area contributed by atoms with Crippen molar-refractivity contribution in [1.29, 1.82) is 0 Å². The Morgan fingerprint density at radius 2 is 1.94 bits per heavy atom. The van der Waals surface area contributed by atoms with E-state index in [4.69, 9.17) is 10.9 Å². The SMILES string of the molecule is CN(CCC/C(N)=N/O)C1CCCCCC1. The summed E-state index contributed by atoms with van der Waals surface area (Å²) in [5.41, 5.74) is 5.44. The Balaban J connectivity index is 2.19. The summed E-state index contributed by atoms with van der Waals surface area (Å²) in [6.45, 7) is 1.04. The molecule has 0 bridgehead atoms. The summed E-state index contributed by atoms with van der Waals surface area (Å²) in [6.07, 6.45) is 9.87. The van der Waals surface area contributed by atoms with Crippen LogP contribution in [0.3, 0.4) is 0 Å². The van der Waals surface area contributed by atoms with Crippen molar-refractivity contribution in [3.05, 3.63) is 0 Å². The van der Waals surface area contributed by atoms with Gasteiger partial charge in [0.25, 0.3) is 0 Å². The lowest BCUT2D eigenvalue weighted by atomic mass is 10.1. The van der Waals surface area contributed by atoms with E-state index in [9.17, 15) is 0 Å². The van der Waals surface area contributed by atoms with E-state index in [0.717, 1.165) is 19.0 Å². The molecule has 4 heteroatoms. The largest absolute Gasteiger partial charge is 0.409 e. The molecule has 0 aromatic heterocycles. The molecule has 1 saturated carbocycles. The minimum Gasteiger partial charge on any atom is -0.409 e. The second-order valence-electron chi connectivity index (χ2n) is 4.82. The van der Waals surface area contributed by atoms with Gasteiger partial charge in [-0.15, -0.1) is 0 Å². The molecule has 0 aliphatic heterocycles. The second-order valence-corrected chi connectivity index (χ2v) is 4.82. The van der Waals surface area contributed by atoms with Gasteiger partial charge in [-0.25, -0.2) is 0 Å². The summed E-state index contributed by atoms with van der Waals surface area (Å²) in [5.74, 6) is 0.342. The van der Waals surface area contributed by atoms with Gasteiger partial charge in [-0.05, 0) is 32.9 Å². The number of nitrogens with two attached hydrogens (primary N) is 1. The monoisotopic (exact) mass is 227 g/mol. The number of hydrogen-bond acceptors (Lipinski definition) is 3. The van der Waals surface area contributed by atoms with Crippen LogP contribution in [0.5, 0.6) is 0 Å². The molecule has 0 amide bonds. The van der Waals surface area contributed by atoms with Crippen LogP contribution in [0.1, 0.15) is 51.4 Å². The Hall–Kier alpha value is -0.770. The summed E-state index contributed by atoms with van der Waals surface area (Å²) >= 11 is 0. The zero-order valence-electron chi connectivity index (χ0n) is 10.4. The Kier molecular flexibility index (Phi) is 6.23.